The molecule has 0 fully saturated rings. The Hall–Kier alpha value is -2.91. The number of carboxylic acids is 1. The van der Waals surface area contributed by atoms with Crippen molar-refractivity contribution in [1.82, 2.24) is 4.72 Å². The second-order valence-electron chi connectivity index (χ2n) is 4.89. The molecular formula is C16H16N2O6S. The third-order valence-corrected chi connectivity index (χ3v) is 4.39. The van der Waals surface area contributed by atoms with Crippen LogP contribution < -0.4 is 14.8 Å². The van der Waals surface area contributed by atoms with Crippen molar-refractivity contribution >= 4 is 27.6 Å². The lowest BCUT2D eigenvalue weighted by Gasteiger charge is -2.09. The van der Waals surface area contributed by atoms with Gasteiger partial charge in [0.2, 0.25) is 10.0 Å². The van der Waals surface area contributed by atoms with E-state index < -0.39 is 28.4 Å². The number of carboxylic acid groups (broad SMARTS) is 1. The summed E-state index contributed by atoms with van der Waals surface area (Å²) in [6.45, 7) is -0.901. The number of ether oxygens (including phenoxy) is 1. The van der Waals surface area contributed by atoms with Crippen LogP contribution >= 0.6 is 0 Å². The molecule has 0 atom stereocenters. The number of sulfonamides is 1. The van der Waals surface area contributed by atoms with E-state index >= 15 is 0 Å². The number of hydrogen-bond acceptors (Lipinski definition) is 5. The maximum Gasteiger partial charge on any atom is 0.318 e. The zero-order chi connectivity index (χ0) is 18.3. The van der Waals surface area contributed by atoms with Crippen LogP contribution in [0.15, 0.2) is 59.5 Å². The fraction of sp³-hybridized carbons (Fsp3) is 0.125. The Morgan fingerprint density at radius 2 is 1.64 bits per heavy atom. The van der Waals surface area contributed by atoms with Crippen LogP contribution in [0.25, 0.3) is 0 Å². The van der Waals surface area contributed by atoms with Crippen molar-refractivity contribution in [2.75, 3.05) is 18.5 Å². The van der Waals surface area contributed by atoms with Crippen LogP contribution in [0.1, 0.15) is 0 Å². The number of carbonyl (C=O) groups excluding carboxylic acids is 1. The summed E-state index contributed by atoms with van der Waals surface area (Å²) < 4.78 is 30.9. The Bertz CT molecular complexity index is 835. The Kier molecular flexibility index (Phi) is 6.09. The zero-order valence-corrected chi connectivity index (χ0v) is 13.8. The normalized spacial score (nSPS) is 10.9. The fourth-order valence-corrected chi connectivity index (χ4v) is 2.79. The first-order valence-electron chi connectivity index (χ1n) is 7.16. The first-order chi connectivity index (χ1) is 11.9. The molecule has 0 radical (unpaired) electrons. The van der Waals surface area contributed by atoms with Crippen LogP contribution in [0.5, 0.6) is 5.75 Å². The number of hydrogen-bond donors (Lipinski definition) is 3. The highest BCUT2D eigenvalue weighted by Crippen LogP contribution is 2.14. The van der Waals surface area contributed by atoms with Gasteiger partial charge in [-0.2, -0.15) is 4.72 Å². The highest BCUT2D eigenvalue weighted by molar-refractivity contribution is 7.89. The van der Waals surface area contributed by atoms with Crippen molar-refractivity contribution < 1.29 is 27.9 Å². The van der Waals surface area contributed by atoms with E-state index in [1.807, 2.05) is 10.8 Å². The Morgan fingerprint density at radius 1 is 1.00 bits per heavy atom. The second kappa shape index (κ2) is 8.27. The van der Waals surface area contributed by atoms with Gasteiger partial charge >= 0.3 is 5.97 Å². The average molecular weight is 364 g/mol. The van der Waals surface area contributed by atoms with Crippen molar-refractivity contribution in [2.24, 2.45) is 0 Å². The van der Waals surface area contributed by atoms with E-state index in [0.29, 0.717) is 11.4 Å². The maximum absolute atomic E-state index is 11.8. The predicted molar refractivity (Wildman–Crippen MR) is 89.8 cm³/mol. The summed E-state index contributed by atoms with van der Waals surface area (Å²) >= 11 is 0. The summed E-state index contributed by atoms with van der Waals surface area (Å²) in [7, 11) is -3.92. The molecule has 25 heavy (non-hydrogen) atoms. The molecule has 1 amide bonds. The van der Waals surface area contributed by atoms with E-state index in [9.17, 15) is 18.0 Å². The van der Waals surface area contributed by atoms with Gasteiger partial charge in [-0.15, -0.1) is 0 Å². The van der Waals surface area contributed by atoms with E-state index in [1.165, 1.54) is 24.3 Å². The van der Waals surface area contributed by atoms with Crippen LogP contribution in [-0.4, -0.2) is 38.6 Å². The van der Waals surface area contributed by atoms with Gasteiger partial charge in [0.05, 0.1) is 4.90 Å². The van der Waals surface area contributed by atoms with Crippen LogP contribution in [0.3, 0.4) is 0 Å². The molecule has 0 saturated heterocycles. The second-order valence-corrected chi connectivity index (χ2v) is 6.66. The first kappa shape index (κ1) is 18.4. The van der Waals surface area contributed by atoms with Gasteiger partial charge in [-0.1, -0.05) is 18.2 Å². The number of para-hydroxylation sites is 1. The third kappa shape index (κ3) is 5.90. The number of rotatable bonds is 8. The number of carbonyl (C=O) groups is 2. The molecule has 132 valence electrons. The molecule has 0 aromatic heterocycles. The monoisotopic (exact) mass is 364 g/mol. The van der Waals surface area contributed by atoms with Crippen LogP contribution in [0.4, 0.5) is 5.69 Å². The van der Waals surface area contributed by atoms with E-state index in [1.54, 1.807) is 24.3 Å². The highest BCUT2D eigenvalue weighted by Gasteiger charge is 2.15. The van der Waals surface area contributed by atoms with Gasteiger partial charge in [0.1, 0.15) is 12.3 Å². The lowest BCUT2D eigenvalue weighted by atomic mass is 10.3. The molecule has 0 saturated carbocycles. The van der Waals surface area contributed by atoms with Crippen LogP contribution in [-0.2, 0) is 19.6 Å². The van der Waals surface area contributed by atoms with Gasteiger partial charge in [0.15, 0.2) is 6.61 Å². The average Bonchev–Trinajstić information content (AvgIpc) is 2.60. The summed E-state index contributed by atoms with van der Waals surface area (Å²) in [6.07, 6.45) is 0. The van der Waals surface area contributed by atoms with Gasteiger partial charge in [0.25, 0.3) is 5.91 Å². The van der Waals surface area contributed by atoms with Gasteiger partial charge in [-0.25, -0.2) is 8.42 Å². The lowest BCUT2D eigenvalue weighted by Crippen LogP contribution is -2.29. The number of benzene rings is 2. The third-order valence-electron chi connectivity index (χ3n) is 2.97. The van der Waals surface area contributed by atoms with Crippen molar-refractivity contribution in [2.45, 2.75) is 4.90 Å². The van der Waals surface area contributed by atoms with E-state index in [4.69, 9.17) is 9.84 Å². The highest BCUT2D eigenvalue weighted by atomic mass is 32.2. The molecule has 2 aromatic carbocycles. The summed E-state index contributed by atoms with van der Waals surface area (Å²) in [5.41, 5.74) is 0.388. The van der Waals surface area contributed by atoms with Gasteiger partial charge in [-0.3, -0.25) is 9.59 Å². The van der Waals surface area contributed by atoms with Gasteiger partial charge < -0.3 is 15.2 Å². The molecule has 9 heteroatoms. The van der Waals surface area contributed by atoms with E-state index in [-0.39, 0.29) is 11.5 Å². The van der Waals surface area contributed by atoms with Crippen molar-refractivity contribution in [3.63, 3.8) is 0 Å². The summed E-state index contributed by atoms with van der Waals surface area (Å²) in [6, 6.07) is 14.2. The topological polar surface area (TPSA) is 122 Å². The number of nitrogens with one attached hydrogen (secondary N) is 2. The first-order valence-corrected chi connectivity index (χ1v) is 8.64. The summed E-state index contributed by atoms with van der Waals surface area (Å²) in [5.74, 6) is -1.13. The molecule has 0 spiro atoms. The molecule has 8 nitrogen and oxygen atoms in total. The predicted octanol–water partition coefficient (Wildman–Crippen LogP) is 1.07. The standard InChI is InChI=1S/C16H16N2O6S/c19-15(11-24-13-4-2-1-3-5-13)18-12-6-8-14(9-7-12)25(22,23)17-10-16(20)21/h1-9,17H,10-11H2,(H,18,19)(H,20,21). The summed E-state index contributed by atoms with van der Waals surface area (Å²) in [5, 5.41) is 11.1. The molecule has 0 aliphatic heterocycles. The molecule has 3 N–H and O–H groups in total. The Labute approximate surface area is 144 Å². The molecule has 0 aliphatic carbocycles. The Morgan fingerprint density at radius 3 is 2.24 bits per heavy atom. The van der Waals surface area contributed by atoms with Crippen molar-refractivity contribution in [3.05, 3.63) is 54.6 Å². The molecule has 0 heterocycles. The van der Waals surface area contributed by atoms with Crippen molar-refractivity contribution in [1.29, 1.82) is 0 Å². The minimum atomic E-state index is -3.92. The molecule has 0 aliphatic rings. The largest absolute Gasteiger partial charge is 0.484 e. The quantitative estimate of drug-likeness (QED) is 0.644. The van der Waals surface area contributed by atoms with E-state index in [0.717, 1.165) is 0 Å². The van der Waals surface area contributed by atoms with Gasteiger partial charge in [0, 0.05) is 5.69 Å². The number of amides is 1. The SMILES string of the molecule is O=C(O)CNS(=O)(=O)c1ccc(NC(=O)COc2ccccc2)cc1. The lowest BCUT2D eigenvalue weighted by molar-refractivity contribution is -0.135. The minimum Gasteiger partial charge on any atom is -0.484 e. The van der Waals surface area contributed by atoms with Crippen LogP contribution in [0.2, 0.25) is 0 Å². The molecule has 0 bridgehead atoms. The smallest absolute Gasteiger partial charge is 0.318 e. The van der Waals surface area contributed by atoms with E-state index in [2.05, 4.69) is 5.32 Å². The summed E-state index contributed by atoms with van der Waals surface area (Å²) in [4.78, 5) is 22.1. The minimum absolute atomic E-state index is 0.104. The maximum atomic E-state index is 11.8. The fourth-order valence-electron chi connectivity index (χ4n) is 1.82. The number of aliphatic carboxylic acids is 1. The molecule has 2 aromatic rings. The van der Waals surface area contributed by atoms with Crippen LogP contribution in [0, 0.1) is 0 Å². The Balaban J connectivity index is 1.91. The molecule has 2 rings (SSSR count). The van der Waals surface area contributed by atoms with Gasteiger partial charge in [-0.05, 0) is 36.4 Å². The zero-order valence-electron chi connectivity index (χ0n) is 13.0. The van der Waals surface area contributed by atoms with Crippen molar-refractivity contribution in [3.8, 4) is 5.75 Å². The molecule has 0 unspecified atom stereocenters. The number of anilines is 1. The molecular weight excluding hydrogens is 348 g/mol.